The molecular formula is C14H11N3O2. The van der Waals surface area contributed by atoms with Crippen molar-refractivity contribution in [3.63, 3.8) is 0 Å². The average molecular weight is 253 g/mol. The Morgan fingerprint density at radius 2 is 2.00 bits per heavy atom. The van der Waals surface area contributed by atoms with E-state index >= 15 is 0 Å². The van der Waals surface area contributed by atoms with E-state index in [1.165, 1.54) is 6.07 Å². The average Bonchev–Trinajstić information content (AvgIpc) is 2.89. The largest absolute Gasteiger partial charge is 0.506 e. The number of hydrogen-bond donors (Lipinski definition) is 3. The topological polar surface area (TPSA) is 78.0 Å². The third kappa shape index (κ3) is 2.01. The van der Waals surface area contributed by atoms with Crippen molar-refractivity contribution in [2.75, 3.05) is 5.32 Å². The number of nitrogens with zero attached hydrogens (tertiary/aromatic N) is 1. The lowest BCUT2D eigenvalue weighted by Gasteiger charge is -2.07. The van der Waals surface area contributed by atoms with Gasteiger partial charge in [0.25, 0.3) is 5.91 Å². The molecule has 0 aliphatic heterocycles. The minimum absolute atomic E-state index is 0.0348. The number of H-pyrrole nitrogens is 1. The molecule has 0 fully saturated rings. The van der Waals surface area contributed by atoms with Crippen LogP contribution in [0.4, 0.5) is 5.69 Å². The fourth-order valence-corrected chi connectivity index (χ4v) is 1.93. The van der Waals surface area contributed by atoms with Gasteiger partial charge in [-0.05, 0) is 18.2 Å². The van der Waals surface area contributed by atoms with Crippen LogP contribution in [-0.2, 0) is 0 Å². The van der Waals surface area contributed by atoms with E-state index in [0.717, 1.165) is 5.39 Å². The van der Waals surface area contributed by atoms with Crippen molar-refractivity contribution in [1.29, 1.82) is 0 Å². The Hall–Kier alpha value is -2.82. The van der Waals surface area contributed by atoms with Gasteiger partial charge in [0.05, 0.1) is 23.0 Å². The van der Waals surface area contributed by atoms with Gasteiger partial charge in [0.2, 0.25) is 0 Å². The summed E-state index contributed by atoms with van der Waals surface area (Å²) in [6, 6.07) is 12.0. The monoisotopic (exact) mass is 253 g/mol. The smallest absolute Gasteiger partial charge is 0.257 e. The first-order valence-electron chi connectivity index (χ1n) is 5.77. The molecule has 0 radical (unpaired) electrons. The number of para-hydroxylation sites is 3. The molecule has 0 aliphatic carbocycles. The number of benzene rings is 2. The predicted octanol–water partition coefficient (Wildman–Crippen LogP) is 2.52. The summed E-state index contributed by atoms with van der Waals surface area (Å²) in [5.74, 6) is -0.260. The number of anilines is 1. The van der Waals surface area contributed by atoms with Crippen LogP contribution >= 0.6 is 0 Å². The van der Waals surface area contributed by atoms with Crippen molar-refractivity contribution in [3.05, 3.63) is 54.2 Å². The zero-order valence-corrected chi connectivity index (χ0v) is 9.92. The van der Waals surface area contributed by atoms with Crippen LogP contribution in [0, 0.1) is 0 Å². The molecule has 1 heterocycles. The van der Waals surface area contributed by atoms with Gasteiger partial charge in [-0.3, -0.25) is 9.89 Å². The van der Waals surface area contributed by atoms with E-state index < -0.39 is 0 Å². The summed E-state index contributed by atoms with van der Waals surface area (Å²) in [5.41, 5.74) is 1.54. The number of amides is 1. The van der Waals surface area contributed by atoms with Gasteiger partial charge in [-0.25, -0.2) is 0 Å². The fourth-order valence-electron chi connectivity index (χ4n) is 1.93. The molecule has 2 aromatic carbocycles. The second-order valence-electron chi connectivity index (χ2n) is 4.11. The van der Waals surface area contributed by atoms with Gasteiger partial charge in [0, 0.05) is 5.39 Å². The molecule has 1 amide bonds. The Kier molecular flexibility index (Phi) is 2.64. The molecule has 0 atom stereocenters. The normalized spacial score (nSPS) is 10.5. The van der Waals surface area contributed by atoms with Crippen molar-refractivity contribution >= 4 is 22.5 Å². The SMILES string of the molecule is O=C(Nc1ccccc1O)c1cccc2cn[nH]c12. The zero-order valence-electron chi connectivity index (χ0n) is 9.92. The number of nitrogens with one attached hydrogen (secondary N) is 2. The number of hydrogen-bond acceptors (Lipinski definition) is 3. The van der Waals surface area contributed by atoms with Gasteiger partial charge in [0.1, 0.15) is 5.75 Å². The van der Waals surface area contributed by atoms with Crippen molar-refractivity contribution in [3.8, 4) is 5.75 Å². The van der Waals surface area contributed by atoms with Crippen molar-refractivity contribution in [2.45, 2.75) is 0 Å². The van der Waals surface area contributed by atoms with Crippen LogP contribution in [0.2, 0.25) is 0 Å². The predicted molar refractivity (Wildman–Crippen MR) is 72.2 cm³/mol. The Morgan fingerprint density at radius 1 is 1.16 bits per heavy atom. The first-order valence-corrected chi connectivity index (χ1v) is 5.77. The van der Waals surface area contributed by atoms with E-state index in [2.05, 4.69) is 15.5 Å². The second kappa shape index (κ2) is 4.45. The summed E-state index contributed by atoms with van der Waals surface area (Å²) in [6.07, 6.45) is 1.66. The number of carbonyl (C=O) groups is 1. The van der Waals surface area contributed by atoms with Crippen molar-refractivity contribution in [2.24, 2.45) is 0 Å². The lowest BCUT2D eigenvalue weighted by Crippen LogP contribution is -2.12. The Bertz CT molecular complexity index is 749. The van der Waals surface area contributed by atoms with Crippen LogP contribution in [0.1, 0.15) is 10.4 Å². The highest BCUT2D eigenvalue weighted by molar-refractivity contribution is 6.12. The molecule has 0 bridgehead atoms. The molecule has 94 valence electrons. The first kappa shape index (κ1) is 11.3. The van der Waals surface area contributed by atoms with E-state index in [4.69, 9.17) is 0 Å². The van der Waals surface area contributed by atoms with E-state index in [1.807, 2.05) is 6.07 Å². The molecule has 19 heavy (non-hydrogen) atoms. The standard InChI is InChI=1S/C14H11N3O2/c18-12-7-2-1-6-11(12)16-14(19)10-5-3-4-9-8-15-17-13(9)10/h1-8,18H,(H,15,17)(H,16,19). The Balaban J connectivity index is 1.97. The van der Waals surface area contributed by atoms with E-state index in [1.54, 1.807) is 36.5 Å². The Morgan fingerprint density at radius 3 is 2.84 bits per heavy atom. The summed E-state index contributed by atoms with van der Waals surface area (Å²) < 4.78 is 0. The number of aromatic hydroxyl groups is 1. The van der Waals surface area contributed by atoms with Crippen molar-refractivity contribution < 1.29 is 9.90 Å². The quantitative estimate of drug-likeness (QED) is 0.614. The highest BCUT2D eigenvalue weighted by Crippen LogP contribution is 2.23. The highest BCUT2D eigenvalue weighted by atomic mass is 16.3. The number of aromatic amines is 1. The number of phenolic OH excluding ortho intramolecular Hbond substituents is 1. The minimum Gasteiger partial charge on any atom is -0.506 e. The van der Waals surface area contributed by atoms with E-state index in [0.29, 0.717) is 16.8 Å². The maximum absolute atomic E-state index is 12.2. The second-order valence-corrected chi connectivity index (χ2v) is 4.11. The third-order valence-electron chi connectivity index (χ3n) is 2.87. The molecule has 0 aliphatic rings. The van der Waals surface area contributed by atoms with Gasteiger partial charge >= 0.3 is 0 Å². The highest BCUT2D eigenvalue weighted by Gasteiger charge is 2.12. The molecule has 0 unspecified atom stereocenters. The Labute approximate surface area is 108 Å². The van der Waals surface area contributed by atoms with Gasteiger partial charge < -0.3 is 10.4 Å². The van der Waals surface area contributed by atoms with Crippen molar-refractivity contribution in [1.82, 2.24) is 10.2 Å². The number of rotatable bonds is 2. The molecule has 3 aromatic rings. The molecule has 5 nitrogen and oxygen atoms in total. The van der Waals surface area contributed by atoms with E-state index in [-0.39, 0.29) is 11.7 Å². The van der Waals surface area contributed by atoms with Crippen LogP contribution in [-0.4, -0.2) is 21.2 Å². The molecular weight excluding hydrogens is 242 g/mol. The fraction of sp³-hybridized carbons (Fsp3) is 0. The van der Waals surface area contributed by atoms with Crippen LogP contribution < -0.4 is 5.32 Å². The lowest BCUT2D eigenvalue weighted by molar-refractivity contribution is 0.102. The summed E-state index contributed by atoms with van der Waals surface area (Å²) in [4.78, 5) is 12.2. The molecule has 5 heteroatoms. The number of phenols is 1. The van der Waals surface area contributed by atoms with Crippen LogP contribution in [0.25, 0.3) is 10.9 Å². The number of fused-ring (bicyclic) bond motifs is 1. The lowest BCUT2D eigenvalue weighted by atomic mass is 10.1. The molecule has 0 saturated carbocycles. The van der Waals surface area contributed by atoms with Gasteiger partial charge in [-0.2, -0.15) is 5.10 Å². The van der Waals surface area contributed by atoms with Crippen LogP contribution in [0.15, 0.2) is 48.7 Å². The number of carbonyl (C=O) groups excluding carboxylic acids is 1. The molecule has 1 aromatic heterocycles. The maximum atomic E-state index is 12.2. The molecule has 0 saturated heterocycles. The molecule has 3 rings (SSSR count). The third-order valence-corrected chi connectivity index (χ3v) is 2.87. The van der Waals surface area contributed by atoms with Gasteiger partial charge in [0.15, 0.2) is 0 Å². The van der Waals surface area contributed by atoms with Crippen LogP contribution in [0.5, 0.6) is 5.75 Å². The summed E-state index contributed by atoms with van der Waals surface area (Å²) in [7, 11) is 0. The molecule has 0 spiro atoms. The number of aromatic nitrogens is 2. The summed E-state index contributed by atoms with van der Waals surface area (Å²) >= 11 is 0. The van der Waals surface area contributed by atoms with E-state index in [9.17, 15) is 9.90 Å². The molecule has 3 N–H and O–H groups in total. The van der Waals surface area contributed by atoms with Crippen LogP contribution in [0.3, 0.4) is 0 Å². The minimum atomic E-state index is -0.295. The zero-order chi connectivity index (χ0) is 13.2. The summed E-state index contributed by atoms with van der Waals surface area (Å²) in [6.45, 7) is 0. The summed E-state index contributed by atoms with van der Waals surface area (Å²) in [5, 5.41) is 19.9. The first-order chi connectivity index (χ1) is 9.25. The van der Waals surface area contributed by atoms with Gasteiger partial charge in [-0.15, -0.1) is 0 Å². The maximum Gasteiger partial charge on any atom is 0.257 e. The van der Waals surface area contributed by atoms with Gasteiger partial charge in [-0.1, -0.05) is 24.3 Å².